The number of piperidine rings is 1. The summed E-state index contributed by atoms with van der Waals surface area (Å²) < 4.78 is 5.16. The molecule has 0 aliphatic carbocycles. The standard InChI is InChI=1S/C14H23N5O2/c1-10-17-18-14(21-10)16-13(20)9-19-7-3-4-11(8-19)12-5-2-6-15-12/h11-12,15H,2-9H2,1H3,(H,16,18,20). The predicted octanol–water partition coefficient (Wildman–Crippen LogP) is 0.781. The van der Waals surface area contributed by atoms with Crippen molar-refractivity contribution in [3.63, 3.8) is 0 Å². The molecular weight excluding hydrogens is 270 g/mol. The Morgan fingerprint density at radius 2 is 2.33 bits per heavy atom. The predicted molar refractivity (Wildman–Crippen MR) is 77.9 cm³/mol. The second kappa shape index (κ2) is 6.53. The Kier molecular flexibility index (Phi) is 4.50. The Labute approximate surface area is 124 Å². The molecule has 3 heterocycles. The molecule has 7 nitrogen and oxygen atoms in total. The smallest absolute Gasteiger partial charge is 0.322 e. The van der Waals surface area contributed by atoms with Gasteiger partial charge in [0.25, 0.3) is 0 Å². The minimum Gasteiger partial charge on any atom is -0.408 e. The highest BCUT2D eigenvalue weighted by Gasteiger charge is 2.29. The van der Waals surface area contributed by atoms with Crippen LogP contribution in [0.1, 0.15) is 31.6 Å². The Hall–Kier alpha value is -1.47. The van der Waals surface area contributed by atoms with Crippen molar-refractivity contribution in [2.45, 2.75) is 38.6 Å². The molecule has 1 aromatic rings. The summed E-state index contributed by atoms with van der Waals surface area (Å²) in [5.41, 5.74) is 0. The Morgan fingerprint density at radius 3 is 3.05 bits per heavy atom. The van der Waals surface area contributed by atoms with Gasteiger partial charge in [-0.15, -0.1) is 5.10 Å². The van der Waals surface area contributed by atoms with Crippen LogP contribution >= 0.6 is 0 Å². The van der Waals surface area contributed by atoms with Crippen molar-refractivity contribution >= 4 is 11.9 Å². The zero-order valence-corrected chi connectivity index (χ0v) is 12.5. The van der Waals surface area contributed by atoms with Gasteiger partial charge in [0, 0.05) is 19.5 Å². The van der Waals surface area contributed by atoms with Crippen LogP contribution in [0.3, 0.4) is 0 Å². The van der Waals surface area contributed by atoms with E-state index < -0.39 is 0 Å². The number of carbonyl (C=O) groups excluding carboxylic acids is 1. The number of hydrogen-bond acceptors (Lipinski definition) is 6. The molecule has 7 heteroatoms. The minimum absolute atomic E-state index is 0.0846. The molecule has 2 saturated heterocycles. The van der Waals surface area contributed by atoms with Gasteiger partial charge in [0.2, 0.25) is 11.8 Å². The third-order valence-electron chi connectivity index (χ3n) is 4.35. The maximum Gasteiger partial charge on any atom is 0.322 e. The van der Waals surface area contributed by atoms with E-state index >= 15 is 0 Å². The third kappa shape index (κ3) is 3.79. The second-order valence-electron chi connectivity index (χ2n) is 6.01. The van der Waals surface area contributed by atoms with E-state index in [-0.39, 0.29) is 11.9 Å². The zero-order chi connectivity index (χ0) is 14.7. The first-order valence-electron chi connectivity index (χ1n) is 7.76. The molecule has 0 spiro atoms. The lowest BCUT2D eigenvalue weighted by Crippen LogP contribution is -2.45. The van der Waals surface area contributed by atoms with Crippen molar-refractivity contribution in [1.29, 1.82) is 0 Å². The van der Waals surface area contributed by atoms with E-state index in [0.717, 1.165) is 26.1 Å². The number of nitrogens with one attached hydrogen (secondary N) is 2. The summed E-state index contributed by atoms with van der Waals surface area (Å²) in [5, 5.41) is 13.7. The number of anilines is 1. The van der Waals surface area contributed by atoms with Gasteiger partial charge in [-0.25, -0.2) is 0 Å². The second-order valence-corrected chi connectivity index (χ2v) is 6.01. The van der Waals surface area contributed by atoms with Gasteiger partial charge >= 0.3 is 6.01 Å². The van der Waals surface area contributed by atoms with Gasteiger partial charge in [-0.3, -0.25) is 15.0 Å². The molecule has 2 N–H and O–H groups in total. The molecular formula is C14H23N5O2. The monoisotopic (exact) mass is 293 g/mol. The molecule has 2 aliphatic rings. The van der Waals surface area contributed by atoms with Crippen LogP contribution < -0.4 is 10.6 Å². The Balaban J connectivity index is 1.48. The average molecular weight is 293 g/mol. The summed E-state index contributed by atoms with van der Waals surface area (Å²) in [7, 11) is 0. The molecule has 1 aromatic heterocycles. The number of rotatable bonds is 4. The zero-order valence-electron chi connectivity index (χ0n) is 12.5. The van der Waals surface area contributed by atoms with Gasteiger partial charge in [-0.05, 0) is 44.7 Å². The average Bonchev–Trinajstić information content (AvgIpc) is 3.11. The number of aryl methyl sites for hydroxylation is 1. The van der Waals surface area contributed by atoms with Crippen molar-refractivity contribution < 1.29 is 9.21 Å². The van der Waals surface area contributed by atoms with Gasteiger partial charge in [0.15, 0.2) is 0 Å². The highest BCUT2D eigenvalue weighted by molar-refractivity contribution is 5.90. The maximum atomic E-state index is 12.0. The number of aromatic nitrogens is 2. The molecule has 2 fully saturated rings. The number of hydrogen-bond donors (Lipinski definition) is 2. The van der Waals surface area contributed by atoms with Crippen LogP contribution in [0.4, 0.5) is 6.01 Å². The quantitative estimate of drug-likeness (QED) is 0.853. The molecule has 2 aliphatic heterocycles. The van der Waals surface area contributed by atoms with Gasteiger partial charge in [-0.2, -0.15) is 0 Å². The lowest BCUT2D eigenvalue weighted by Gasteiger charge is -2.35. The summed E-state index contributed by atoms with van der Waals surface area (Å²) in [4.78, 5) is 14.3. The van der Waals surface area contributed by atoms with Crippen LogP contribution in [0.5, 0.6) is 0 Å². The van der Waals surface area contributed by atoms with E-state index in [1.807, 2.05) is 0 Å². The molecule has 2 unspecified atom stereocenters. The largest absolute Gasteiger partial charge is 0.408 e. The first-order valence-corrected chi connectivity index (χ1v) is 7.76. The van der Waals surface area contributed by atoms with Crippen LogP contribution in [-0.4, -0.2) is 53.2 Å². The molecule has 1 amide bonds. The molecule has 2 atom stereocenters. The van der Waals surface area contributed by atoms with Crippen molar-refractivity contribution in [3.05, 3.63) is 5.89 Å². The maximum absolute atomic E-state index is 12.0. The van der Waals surface area contributed by atoms with E-state index in [9.17, 15) is 4.79 Å². The van der Waals surface area contributed by atoms with Crippen LogP contribution in [0, 0.1) is 12.8 Å². The summed E-state index contributed by atoms with van der Waals surface area (Å²) in [6.45, 7) is 5.21. The lowest BCUT2D eigenvalue weighted by molar-refractivity contribution is -0.117. The summed E-state index contributed by atoms with van der Waals surface area (Å²) in [6, 6.07) is 0.818. The molecule has 0 bridgehead atoms. The van der Waals surface area contributed by atoms with Crippen LogP contribution in [0.15, 0.2) is 4.42 Å². The van der Waals surface area contributed by atoms with Crippen LogP contribution in [0.25, 0.3) is 0 Å². The minimum atomic E-state index is -0.0846. The molecule has 116 valence electrons. The van der Waals surface area contributed by atoms with Gasteiger partial charge in [-0.1, -0.05) is 5.10 Å². The van der Waals surface area contributed by atoms with Gasteiger partial charge in [0.1, 0.15) is 0 Å². The topological polar surface area (TPSA) is 83.3 Å². The van der Waals surface area contributed by atoms with Crippen LogP contribution in [-0.2, 0) is 4.79 Å². The highest BCUT2D eigenvalue weighted by atomic mass is 16.4. The first kappa shape index (κ1) is 14.5. The van der Waals surface area contributed by atoms with E-state index in [1.165, 1.54) is 19.3 Å². The third-order valence-corrected chi connectivity index (χ3v) is 4.35. The SMILES string of the molecule is Cc1nnc(NC(=O)CN2CCCC(C3CCCN3)C2)o1. The van der Waals surface area contributed by atoms with E-state index in [2.05, 4.69) is 25.7 Å². The summed E-state index contributed by atoms with van der Waals surface area (Å²) in [5.74, 6) is 1.04. The fourth-order valence-electron chi connectivity index (χ4n) is 3.39. The van der Waals surface area contributed by atoms with Gasteiger partial charge < -0.3 is 9.73 Å². The number of carbonyl (C=O) groups is 1. The number of amides is 1. The molecule has 0 radical (unpaired) electrons. The molecule has 21 heavy (non-hydrogen) atoms. The summed E-state index contributed by atoms with van der Waals surface area (Å²) >= 11 is 0. The van der Waals surface area contributed by atoms with Crippen molar-refractivity contribution in [2.24, 2.45) is 5.92 Å². The normalized spacial score (nSPS) is 26.9. The van der Waals surface area contributed by atoms with Crippen molar-refractivity contribution in [2.75, 3.05) is 31.5 Å². The van der Waals surface area contributed by atoms with Crippen molar-refractivity contribution in [1.82, 2.24) is 20.4 Å². The molecule has 0 aromatic carbocycles. The number of nitrogens with zero attached hydrogens (tertiary/aromatic N) is 3. The van der Waals surface area contributed by atoms with E-state index in [1.54, 1.807) is 6.92 Å². The molecule has 0 saturated carbocycles. The Morgan fingerprint density at radius 1 is 1.43 bits per heavy atom. The van der Waals surface area contributed by atoms with Crippen molar-refractivity contribution in [3.8, 4) is 0 Å². The highest BCUT2D eigenvalue weighted by Crippen LogP contribution is 2.24. The molecule has 3 rings (SSSR count). The van der Waals surface area contributed by atoms with Crippen LogP contribution in [0.2, 0.25) is 0 Å². The first-order chi connectivity index (χ1) is 10.2. The number of likely N-dealkylation sites (tertiary alicyclic amines) is 1. The summed E-state index contributed by atoms with van der Waals surface area (Å²) in [6.07, 6.45) is 4.97. The van der Waals surface area contributed by atoms with E-state index in [0.29, 0.717) is 24.4 Å². The van der Waals surface area contributed by atoms with Gasteiger partial charge in [0.05, 0.1) is 6.54 Å². The fourth-order valence-corrected chi connectivity index (χ4v) is 3.39. The van der Waals surface area contributed by atoms with E-state index in [4.69, 9.17) is 4.42 Å². The Bertz CT molecular complexity index is 483. The fraction of sp³-hybridized carbons (Fsp3) is 0.786. The lowest BCUT2D eigenvalue weighted by atomic mass is 9.90.